The van der Waals surface area contributed by atoms with Gasteiger partial charge >= 0.3 is 6.36 Å². The third kappa shape index (κ3) is 2.91. The highest BCUT2D eigenvalue weighted by Crippen LogP contribution is 2.27. The number of nitrogens with zero attached hydrogens (tertiary/aromatic N) is 1. The third-order valence-electron chi connectivity index (χ3n) is 3.28. The van der Waals surface area contributed by atoms with E-state index in [0.717, 1.165) is 12.1 Å². The molecule has 1 N–H and O–H groups in total. The molecule has 1 aromatic heterocycles. The summed E-state index contributed by atoms with van der Waals surface area (Å²) in [5.74, 6) is -0.0866. The second kappa shape index (κ2) is 4.91. The highest BCUT2D eigenvalue weighted by atomic mass is 19.4. The Kier molecular flexibility index (Phi) is 3.19. The first-order valence-corrected chi connectivity index (χ1v) is 6.41. The Labute approximate surface area is 117 Å². The van der Waals surface area contributed by atoms with Crippen LogP contribution in [0.15, 0.2) is 29.1 Å². The molecule has 1 aromatic carbocycles. The minimum Gasteiger partial charge on any atom is -0.406 e. The summed E-state index contributed by atoms with van der Waals surface area (Å²) in [6, 6.07) is 5.39. The van der Waals surface area contributed by atoms with Crippen molar-refractivity contribution in [3.63, 3.8) is 0 Å². The number of benzene rings is 1. The van der Waals surface area contributed by atoms with Crippen molar-refractivity contribution < 1.29 is 17.9 Å². The first-order valence-electron chi connectivity index (χ1n) is 6.41. The van der Waals surface area contributed by atoms with Gasteiger partial charge in [0.2, 0.25) is 0 Å². The molecule has 110 valence electrons. The van der Waals surface area contributed by atoms with Crippen LogP contribution in [0.3, 0.4) is 0 Å². The van der Waals surface area contributed by atoms with Crippen LogP contribution < -0.4 is 10.3 Å². The van der Waals surface area contributed by atoms with Crippen LogP contribution in [0.5, 0.6) is 5.75 Å². The largest absolute Gasteiger partial charge is 0.573 e. The Balaban J connectivity index is 2.00. The molecule has 1 heterocycles. The van der Waals surface area contributed by atoms with E-state index >= 15 is 0 Å². The maximum Gasteiger partial charge on any atom is 0.573 e. The van der Waals surface area contributed by atoms with Gasteiger partial charge in [0.1, 0.15) is 11.6 Å². The maximum absolute atomic E-state index is 12.2. The van der Waals surface area contributed by atoms with Crippen molar-refractivity contribution >= 4 is 0 Å². The molecule has 0 spiro atoms. The summed E-state index contributed by atoms with van der Waals surface area (Å²) in [5, 5.41) is 0. The molecular formula is C14H11F3N2O2. The van der Waals surface area contributed by atoms with E-state index in [0.29, 0.717) is 24.0 Å². The van der Waals surface area contributed by atoms with Crippen molar-refractivity contribution in [1.82, 2.24) is 9.97 Å². The number of halogens is 3. The number of alkyl halides is 3. The van der Waals surface area contributed by atoms with Crippen LogP contribution in [-0.2, 0) is 12.8 Å². The Morgan fingerprint density at radius 3 is 2.81 bits per heavy atom. The summed E-state index contributed by atoms with van der Waals surface area (Å²) in [6.07, 6.45) is -2.48. The number of aromatic nitrogens is 2. The Bertz CT molecular complexity index is 738. The van der Waals surface area contributed by atoms with Crippen molar-refractivity contribution in [2.75, 3.05) is 0 Å². The summed E-state index contributed by atoms with van der Waals surface area (Å²) in [4.78, 5) is 18.9. The van der Waals surface area contributed by atoms with Crippen molar-refractivity contribution in [2.45, 2.75) is 25.6 Å². The second-order valence-corrected chi connectivity index (χ2v) is 4.77. The molecule has 7 heteroatoms. The number of H-pyrrole nitrogens is 1. The van der Waals surface area contributed by atoms with Gasteiger partial charge in [-0.3, -0.25) is 4.79 Å². The molecule has 0 amide bonds. The predicted octanol–water partition coefficient (Wildman–Crippen LogP) is 2.82. The molecule has 4 nitrogen and oxygen atoms in total. The van der Waals surface area contributed by atoms with Gasteiger partial charge in [-0.1, -0.05) is 12.1 Å². The molecule has 3 rings (SSSR count). The van der Waals surface area contributed by atoms with Crippen molar-refractivity contribution in [3.8, 4) is 17.1 Å². The lowest BCUT2D eigenvalue weighted by Gasteiger charge is -2.10. The minimum atomic E-state index is -4.75. The fourth-order valence-corrected chi connectivity index (χ4v) is 2.42. The number of aromatic amines is 1. The normalized spacial score (nSPS) is 14.0. The van der Waals surface area contributed by atoms with E-state index in [1.165, 1.54) is 18.2 Å². The standard InChI is InChI=1S/C14H11F3N2O2/c15-14(16,17)21-9-4-1-3-8(7-9)12-18-11-6-2-5-10(11)13(20)19-12/h1,3-4,7H,2,5-6H2,(H,18,19,20). The Morgan fingerprint density at radius 2 is 2.05 bits per heavy atom. The lowest BCUT2D eigenvalue weighted by molar-refractivity contribution is -0.274. The molecule has 0 unspecified atom stereocenters. The van der Waals surface area contributed by atoms with Gasteiger partial charge in [-0.05, 0) is 31.4 Å². The smallest absolute Gasteiger partial charge is 0.406 e. The molecule has 0 bridgehead atoms. The van der Waals surface area contributed by atoms with E-state index in [9.17, 15) is 18.0 Å². The van der Waals surface area contributed by atoms with E-state index in [1.807, 2.05) is 0 Å². The first kappa shape index (κ1) is 13.7. The number of fused-ring (bicyclic) bond motifs is 1. The first-order chi connectivity index (χ1) is 9.92. The van der Waals surface area contributed by atoms with Crippen LogP contribution in [0, 0.1) is 0 Å². The molecule has 0 fully saturated rings. The number of aryl methyl sites for hydroxylation is 1. The minimum absolute atomic E-state index is 0.227. The van der Waals surface area contributed by atoms with Crippen LogP contribution in [0.25, 0.3) is 11.4 Å². The predicted molar refractivity (Wildman–Crippen MR) is 69.0 cm³/mol. The van der Waals surface area contributed by atoms with Gasteiger partial charge in [-0.15, -0.1) is 13.2 Å². The number of ether oxygens (including phenoxy) is 1. The molecule has 0 atom stereocenters. The molecular weight excluding hydrogens is 285 g/mol. The number of rotatable bonds is 2. The zero-order valence-corrected chi connectivity index (χ0v) is 10.8. The summed E-state index contributed by atoms with van der Waals surface area (Å²) in [7, 11) is 0. The number of hydrogen-bond donors (Lipinski definition) is 1. The zero-order chi connectivity index (χ0) is 15.0. The van der Waals surface area contributed by atoms with Gasteiger partial charge < -0.3 is 9.72 Å². The van der Waals surface area contributed by atoms with E-state index in [-0.39, 0.29) is 17.1 Å². The van der Waals surface area contributed by atoms with Crippen LogP contribution >= 0.6 is 0 Å². The molecule has 0 saturated heterocycles. The van der Waals surface area contributed by atoms with E-state index in [4.69, 9.17) is 0 Å². The van der Waals surface area contributed by atoms with Crippen LogP contribution in [0.2, 0.25) is 0 Å². The summed E-state index contributed by atoms with van der Waals surface area (Å²) in [6.45, 7) is 0. The quantitative estimate of drug-likeness (QED) is 0.927. The van der Waals surface area contributed by atoms with Gasteiger partial charge in [-0.25, -0.2) is 4.98 Å². The average molecular weight is 296 g/mol. The SMILES string of the molecule is O=c1[nH]c(-c2cccc(OC(F)(F)F)c2)nc2c1CCC2. The van der Waals surface area contributed by atoms with E-state index in [1.54, 1.807) is 6.07 Å². The lowest BCUT2D eigenvalue weighted by atomic mass is 10.2. The van der Waals surface area contributed by atoms with E-state index < -0.39 is 6.36 Å². The Morgan fingerprint density at radius 1 is 1.24 bits per heavy atom. The fourth-order valence-electron chi connectivity index (χ4n) is 2.42. The van der Waals surface area contributed by atoms with Gasteiger partial charge in [0.05, 0.1) is 5.69 Å². The van der Waals surface area contributed by atoms with Gasteiger partial charge in [0.15, 0.2) is 0 Å². The Hall–Kier alpha value is -2.31. The van der Waals surface area contributed by atoms with Crippen LogP contribution in [0.4, 0.5) is 13.2 Å². The zero-order valence-electron chi connectivity index (χ0n) is 10.8. The molecule has 0 saturated carbocycles. The lowest BCUT2D eigenvalue weighted by Crippen LogP contribution is -2.17. The van der Waals surface area contributed by atoms with E-state index in [2.05, 4.69) is 14.7 Å². The van der Waals surface area contributed by atoms with Crippen LogP contribution in [-0.4, -0.2) is 16.3 Å². The highest BCUT2D eigenvalue weighted by Gasteiger charge is 2.31. The molecule has 0 radical (unpaired) electrons. The van der Waals surface area contributed by atoms with Crippen LogP contribution in [0.1, 0.15) is 17.7 Å². The monoisotopic (exact) mass is 296 g/mol. The maximum atomic E-state index is 12.2. The van der Waals surface area contributed by atoms with Crippen molar-refractivity contribution in [1.29, 1.82) is 0 Å². The van der Waals surface area contributed by atoms with Gasteiger partial charge in [0.25, 0.3) is 5.56 Å². The number of hydrogen-bond acceptors (Lipinski definition) is 3. The molecule has 1 aliphatic carbocycles. The molecule has 2 aromatic rings. The van der Waals surface area contributed by atoms with Crippen molar-refractivity contribution in [2.24, 2.45) is 0 Å². The number of nitrogens with one attached hydrogen (secondary N) is 1. The highest BCUT2D eigenvalue weighted by molar-refractivity contribution is 5.57. The average Bonchev–Trinajstić information content (AvgIpc) is 2.86. The fraction of sp³-hybridized carbons (Fsp3) is 0.286. The third-order valence-corrected chi connectivity index (χ3v) is 3.28. The summed E-state index contributed by atoms with van der Waals surface area (Å²) in [5.41, 5.74) is 1.54. The van der Waals surface area contributed by atoms with Crippen molar-refractivity contribution in [3.05, 3.63) is 45.9 Å². The van der Waals surface area contributed by atoms with Gasteiger partial charge in [0, 0.05) is 11.1 Å². The molecule has 1 aliphatic rings. The van der Waals surface area contributed by atoms with Gasteiger partial charge in [-0.2, -0.15) is 0 Å². The molecule has 21 heavy (non-hydrogen) atoms. The molecule has 0 aliphatic heterocycles. The second-order valence-electron chi connectivity index (χ2n) is 4.77. The topological polar surface area (TPSA) is 55.0 Å². The summed E-state index contributed by atoms with van der Waals surface area (Å²) >= 11 is 0. The summed E-state index contributed by atoms with van der Waals surface area (Å²) < 4.78 is 40.5.